The zero-order valence-electron chi connectivity index (χ0n) is 20.2. The van der Waals surface area contributed by atoms with Crippen molar-refractivity contribution in [2.24, 2.45) is 12.0 Å². The van der Waals surface area contributed by atoms with E-state index in [4.69, 9.17) is 4.99 Å². The van der Waals surface area contributed by atoms with Crippen molar-refractivity contribution in [2.45, 2.75) is 52.4 Å². The minimum atomic E-state index is 0. The van der Waals surface area contributed by atoms with E-state index in [-0.39, 0.29) is 24.0 Å². The molecule has 0 saturated carbocycles. The van der Waals surface area contributed by atoms with E-state index >= 15 is 0 Å². The van der Waals surface area contributed by atoms with Crippen LogP contribution < -0.4 is 10.6 Å². The Hall–Kier alpha value is -2.46. The highest BCUT2D eigenvalue weighted by molar-refractivity contribution is 14.0. The lowest BCUT2D eigenvalue weighted by Gasteiger charge is -2.26. The largest absolute Gasteiger partial charge is 0.352 e. The molecule has 1 saturated heterocycles. The molecule has 4 rings (SSSR count). The summed E-state index contributed by atoms with van der Waals surface area (Å²) in [7, 11) is 1.98. The summed E-state index contributed by atoms with van der Waals surface area (Å²) in [6, 6.07) is 19.2. The molecule has 2 heterocycles. The van der Waals surface area contributed by atoms with Gasteiger partial charge in [-0.3, -0.25) is 4.90 Å². The summed E-state index contributed by atoms with van der Waals surface area (Å²) in [5, 5.41) is 15.3. The number of guanidine groups is 1. The second-order valence-corrected chi connectivity index (χ2v) is 8.73. The highest BCUT2D eigenvalue weighted by Crippen LogP contribution is 2.13. The summed E-state index contributed by atoms with van der Waals surface area (Å²) in [5.41, 5.74) is 3.80. The van der Waals surface area contributed by atoms with Crippen molar-refractivity contribution in [3.8, 4) is 0 Å². The molecule has 0 spiro atoms. The fraction of sp³-hybridized carbons (Fsp3) is 0.423. The van der Waals surface area contributed by atoms with Crippen LogP contribution in [0.2, 0.25) is 0 Å². The normalized spacial score (nSPS) is 14.5. The number of hydrogen-bond acceptors (Lipinski definition) is 4. The SMILES string of the molecule is Cc1nnc(CNC(=NCc2ccccc2)NCc2ccc(CN3CCCCC3)cc2)n1C.I. The first-order valence-electron chi connectivity index (χ1n) is 11.9. The first kappa shape index (κ1) is 26.2. The highest BCUT2D eigenvalue weighted by atomic mass is 127. The van der Waals surface area contributed by atoms with Crippen molar-refractivity contribution in [1.82, 2.24) is 30.3 Å². The molecule has 0 atom stereocenters. The van der Waals surface area contributed by atoms with E-state index < -0.39 is 0 Å². The molecular weight excluding hydrogens is 537 g/mol. The first-order valence-corrected chi connectivity index (χ1v) is 11.9. The van der Waals surface area contributed by atoms with Crippen molar-refractivity contribution in [2.75, 3.05) is 13.1 Å². The van der Waals surface area contributed by atoms with Crippen LogP contribution in [0, 0.1) is 6.92 Å². The quantitative estimate of drug-likeness (QED) is 0.241. The van der Waals surface area contributed by atoms with E-state index in [1.54, 1.807) is 0 Å². The molecule has 182 valence electrons. The molecule has 2 aromatic carbocycles. The number of aromatic nitrogens is 3. The maximum absolute atomic E-state index is 4.79. The second-order valence-electron chi connectivity index (χ2n) is 8.73. The van der Waals surface area contributed by atoms with Gasteiger partial charge < -0.3 is 15.2 Å². The van der Waals surface area contributed by atoms with E-state index in [0.717, 1.165) is 24.2 Å². The van der Waals surface area contributed by atoms with E-state index in [1.165, 1.54) is 49.0 Å². The average Bonchev–Trinajstić information content (AvgIpc) is 3.18. The van der Waals surface area contributed by atoms with Gasteiger partial charge in [0.2, 0.25) is 0 Å². The maximum atomic E-state index is 4.79. The first-order chi connectivity index (χ1) is 16.2. The number of rotatable bonds is 8. The zero-order valence-corrected chi connectivity index (χ0v) is 22.5. The van der Waals surface area contributed by atoms with Gasteiger partial charge in [0.25, 0.3) is 0 Å². The summed E-state index contributed by atoms with van der Waals surface area (Å²) >= 11 is 0. The minimum Gasteiger partial charge on any atom is -0.352 e. The summed E-state index contributed by atoms with van der Waals surface area (Å²) in [4.78, 5) is 7.34. The van der Waals surface area contributed by atoms with Gasteiger partial charge in [-0.25, -0.2) is 4.99 Å². The van der Waals surface area contributed by atoms with Crippen LogP contribution in [0.4, 0.5) is 0 Å². The maximum Gasteiger partial charge on any atom is 0.192 e. The number of halogens is 1. The Bertz CT molecular complexity index is 1030. The number of nitrogens with zero attached hydrogens (tertiary/aromatic N) is 5. The van der Waals surface area contributed by atoms with Crippen LogP contribution in [0.25, 0.3) is 0 Å². The smallest absolute Gasteiger partial charge is 0.192 e. The molecular formula is C26H36IN7. The van der Waals surface area contributed by atoms with Gasteiger partial charge in [-0.1, -0.05) is 61.0 Å². The standard InChI is InChI=1S/C26H35N7.HI/c1-21-30-31-25(32(21)2)19-29-26(27-17-22-9-5-3-6-10-22)28-18-23-11-13-24(14-12-23)20-33-15-7-4-8-16-33;/h3,5-6,9-14H,4,7-8,15-20H2,1-2H3,(H2,27,28,29);1H. The van der Waals surface area contributed by atoms with E-state index in [9.17, 15) is 0 Å². The highest BCUT2D eigenvalue weighted by Gasteiger charge is 2.10. The molecule has 0 radical (unpaired) electrons. The van der Waals surface area contributed by atoms with Crippen molar-refractivity contribution in [3.63, 3.8) is 0 Å². The van der Waals surface area contributed by atoms with Crippen LogP contribution in [-0.2, 0) is 33.2 Å². The average molecular weight is 574 g/mol. The molecule has 1 aliphatic rings. The molecule has 1 aliphatic heterocycles. The predicted molar refractivity (Wildman–Crippen MR) is 148 cm³/mol. The summed E-state index contributed by atoms with van der Waals surface area (Å²) in [5.74, 6) is 2.54. The van der Waals surface area contributed by atoms with Crippen LogP contribution in [0.3, 0.4) is 0 Å². The lowest BCUT2D eigenvalue weighted by Crippen LogP contribution is -2.37. The van der Waals surface area contributed by atoms with Crippen molar-refractivity contribution < 1.29 is 0 Å². The third-order valence-corrected chi connectivity index (χ3v) is 6.20. The zero-order chi connectivity index (χ0) is 22.9. The number of aryl methyl sites for hydroxylation is 1. The fourth-order valence-corrected chi connectivity index (χ4v) is 4.02. The molecule has 1 aromatic heterocycles. The third kappa shape index (κ3) is 7.80. The van der Waals surface area contributed by atoms with Crippen LogP contribution in [0.5, 0.6) is 0 Å². The monoisotopic (exact) mass is 573 g/mol. The summed E-state index contributed by atoms with van der Waals surface area (Å²) < 4.78 is 1.99. The summed E-state index contributed by atoms with van der Waals surface area (Å²) in [6.07, 6.45) is 4.03. The van der Waals surface area contributed by atoms with Gasteiger partial charge in [0.05, 0.1) is 13.1 Å². The Kier molecular flexibility index (Phi) is 10.3. The molecule has 0 amide bonds. The molecule has 0 bridgehead atoms. The number of hydrogen-bond donors (Lipinski definition) is 2. The summed E-state index contributed by atoms with van der Waals surface area (Å²) in [6.45, 7) is 7.34. The number of benzene rings is 2. The number of piperidine rings is 1. The molecule has 3 aromatic rings. The Labute approximate surface area is 220 Å². The van der Waals surface area contributed by atoms with Gasteiger partial charge in [0.15, 0.2) is 11.8 Å². The van der Waals surface area contributed by atoms with E-state index in [0.29, 0.717) is 19.6 Å². The van der Waals surface area contributed by atoms with E-state index in [2.05, 4.69) is 62.1 Å². The van der Waals surface area contributed by atoms with Gasteiger partial charge in [-0.15, -0.1) is 34.2 Å². The van der Waals surface area contributed by atoms with Crippen LogP contribution >= 0.6 is 24.0 Å². The molecule has 0 unspecified atom stereocenters. The minimum absolute atomic E-state index is 0. The molecule has 34 heavy (non-hydrogen) atoms. The third-order valence-electron chi connectivity index (χ3n) is 6.20. The van der Waals surface area contributed by atoms with Gasteiger partial charge in [-0.2, -0.15) is 0 Å². The Morgan fingerprint density at radius 1 is 0.853 bits per heavy atom. The van der Waals surface area contributed by atoms with Crippen LogP contribution in [-0.4, -0.2) is 38.7 Å². The van der Waals surface area contributed by atoms with Crippen LogP contribution in [0.15, 0.2) is 59.6 Å². The Morgan fingerprint density at radius 3 is 2.21 bits per heavy atom. The van der Waals surface area contributed by atoms with Crippen molar-refractivity contribution in [1.29, 1.82) is 0 Å². The van der Waals surface area contributed by atoms with E-state index in [1.807, 2.05) is 36.7 Å². The van der Waals surface area contributed by atoms with Gasteiger partial charge in [-0.05, 0) is 49.5 Å². The number of aliphatic imine (C=N–C) groups is 1. The fourth-order valence-electron chi connectivity index (χ4n) is 4.02. The molecule has 0 aliphatic carbocycles. The predicted octanol–water partition coefficient (Wildman–Crippen LogP) is 4.16. The van der Waals surface area contributed by atoms with Gasteiger partial charge in [0, 0.05) is 20.1 Å². The molecule has 7 nitrogen and oxygen atoms in total. The van der Waals surface area contributed by atoms with Crippen molar-refractivity contribution >= 4 is 29.9 Å². The number of nitrogens with one attached hydrogen (secondary N) is 2. The molecule has 2 N–H and O–H groups in total. The van der Waals surface area contributed by atoms with Gasteiger partial charge >= 0.3 is 0 Å². The van der Waals surface area contributed by atoms with Crippen LogP contribution in [0.1, 0.15) is 47.6 Å². The van der Waals surface area contributed by atoms with Crippen molar-refractivity contribution in [3.05, 3.63) is 82.9 Å². The lowest BCUT2D eigenvalue weighted by molar-refractivity contribution is 0.221. The molecule has 1 fully saturated rings. The number of likely N-dealkylation sites (tertiary alicyclic amines) is 1. The Morgan fingerprint density at radius 2 is 1.53 bits per heavy atom. The Balaban J connectivity index is 0.00000324. The van der Waals surface area contributed by atoms with Gasteiger partial charge in [0.1, 0.15) is 5.82 Å². The lowest BCUT2D eigenvalue weighted by atomic mass is 10.1. The second kappa shape index (κ2) is 13.4. The molecule has 8 heteroatoms. The topological polar surface area (TPSA) is 70.4 Å².